The number of primary amides is 1. The smallest absolute Gasteiger partial charge is 0.240 e. The average Bonchev–Trinajstić information content (AvgIpc) is 3.28. The normalized spacial score (nSPS) is 22.2. The number of aromatic nitrogens is 3. The third-order valence-electron chi connectivity index (χ3n) is 5.03. The Kier molecular flexibility index (Phi) is 4.09. The van der Waals surface area contributed by atoms with E-state index in [1.54, 1.807) is 19.5 Å². The van der Waals surface area contributed by atoms with E-state index in [-0.39, 0.29) is 12.0 Å². The summed E-state index contributed by atoms with van der Waals surface area (Å²) in [7, 11) is 1.66. The van der Waals surface area contributed by atoms with Gasteiger partial charge in [-0.05, 0) is 31.4 Å². The van der Waals surface area contributed by atoms with Crippen LogP contribution in [-0.4, -0.2) is 46.7 Å². The molecule has 0 saturated carbocycles. The molecule has 0 bridgehead atoms. The molecular weight excluding hydrogens is 318 g/mol. The van der Waals surface area contributed by atoms with E-state index in [0.717, 1.165) is 41.9 Å². The number of nitrogens with zero attached hydrogens (tertiary/aromatic N) is 4. The Hall–Kier alpha value is -2.54. The van der Waals surface area contributed by atoms with Crippen molar-refractivity contribution in [3.63, 3.8) is 0 Å². The van der Waals surface area contributed by atoms with Gasteiger partial charge in [0.2, 0.25) is 5.91 Å². The number of carbonyl (C=O) groups excluding carboxylic acids is 1. The van der Waals surface area contributed by atoms with Gasteiger partial charge in [-0.3, -0.25) is 9.78 Å². The van der Waals surface area contributed by atoms with E-state index in [1.807, 2.05) is 17.0 Å². The highest BCUT2D eigenvalue weighted by Gasteiger charge is 2.38. The molecule has 0 spiro atoms. The Morgan fingerprint density at radius 2 is 2.24 bits per heavy atom. The average molecular weight is 339 g/mol. The summed E-state index contributed by atoms with van der Waals surface area (Å²) < 4.78 is 5.47. The van der Waals surface area contributed by atoms with Gasteiger partial charge in [0.05, 0.1) is 6.10 Å². The molecule has 1 amide bonds. The first-order valence-electron chi connectivity index (χ1n) is 8.56. The summed E-state index contributed by atoms with van der Waals surface area (Å²) >= 11 is 0. The summed E-state index contributed by atoms with van der Waals surface area (Å²) in [5, 5.41) is 0. The molecule has 4 rings (SSSR count). The third kappa shape index (κ3) is 2.84. The second-order valence-corrected chi connectivity index (χ2v) is 6.56. The van der Waals surface area contributed by atoms with Crippen molar-refractivity contribution in [1.29, 1.82) is 0 Å². The van der Waals surface area contributed by atoms with Crippen molar-refractivity contribution in [2.75, 3.05) is 18.6 Å². The molecule has 2 N–H and O–H groups in total. The molecular formula is C18H21N5O2. The molecule has 3 heterocycles. The minimum absolute atomic E-state index is 0.0219. The Morgan fingerprint density at radius 1 is 1.36 bits per heavy atom. The number of hydrogen-bond donors (Lipinski definition) is 1. The third-order valence-corrected chi connectivity index (χ3v) is 5.03. The number of fused-ring (bicyclic) bond motifs is 1. The van der Waals surface area contributed by atoms with E-state index < -0.39 is 6.04 Å². The van der Waals surface area contributed by atoms with Gasteiger partial charge in [-0.2, -0.15) is 0 Å². The van der Waals surface area contributed by atoms with E-state index in [1.165, 1.54) is 0 Å². The van der Waals surface area contributed by atoms with E-state index >= 15 is 0 Å². The van der Waals surface area contributed by atoms with Crippen LogP contribution in [-0.2, 0) is 22.4 Å². The van der Waals surface area contributed by atoms with Crippen LogP contribution in [0.2, 0.25) is 0 Å². The first-order chi connectivity index (χ1) is 12.2. The Morgan fingerprint density at radius 3 is 2.96 bits per heavy atom. The fourth-order valence-corrected chi connectivity index (χ4v) is 3.75. The highest BCUT2D eigenvalue weighted by molar-refractivity contribution is 5.84. The zero-order valence-electron chi connectivity index (χ0n) is 14.2. The molecule has 2 aliphatic rings. The van der Waals surface area contributed by atoms with Gasteiger partial charge in [0.25, 0.3) is 0 Å². The minimum atomic E-state index is -0.397. The fourth-order valence-electron chi connectivity index (χ4n) is 3.75. The van der Waals surface area contributed by atoms with E-state index in [4.69, 9.17) is 20.4 Å². The fraction of sp³-hybridized carbons (Fsp3) is 0.444. The standard InChI is InChI=1S/C18H21N5O2/c1-25-12-8-15(16(19)24)23(10-12)18-13-5-2-6-14(13)21-17(22-18)11-4-3-7-20-9-11/h3-4,7,9,12,15H,2,5-6,8,10H2,1H3,(H2,19,24)/t12-,15-/m0/s1. The van der Waals surface area contributed by atoms with Crippen LogP contribution in [0.15, 0.2) is 24.5 Å². The maximum atomic E-state index is 12.0. The van der Waals surface area contributed by atoms with Gasteiger partial charge in [0.1, 0.15) is 11.9 Å². The summed E-state index contributed by atoms with van der Waals surface area (Å²) in [5.41, 5.74) is 8.72. The Balaban J connectivity index is 1.81. The number of methoxy groups -OCH3 is 1. The molecule has 0 unspecified atom stereocenters. The van der Waals surface area contributed by atoms with E-state index in [2.05, 4.69) is 4.98 Å². The molecule has 2 aromatic rings. The maximum absolute atomic E-state index is 12.0. The Labute approximate surface area is 146 Å². The first kappa shape index (κ1) is 16.0. The van der Waals surface area contributed by atoms with Crippen molar-refractivity contribution in [3.8, 4) is 11.4 Å². The largest absolute Gasteiger partial charge is 0.380 e. The molecule has 2 atom stereocenters. The lowest BCUT2D eigenvalue weighted by Crippen LogP contribution is -2.41. The van der Waals surface area contributed by atoms with Crippen molar-refractivity contribution in [2.24, 2.45) is 5.73 Å². The maximum Gasteiger partial charge on any atom is 0.240 e. The van der Waals surface area contributed by atoms with Gasteiger partial charge in [0, 0.05) is 49.3 Å². The summed E-state index contributed by atoms with van der Waals surface area (Å²) in [6.07, 6.45) is 6.96. The van der Waals surface area contributed by atoms with Gasteiger partial charge in [-0.25, -0.2) is 9.97 Å². The van der Waals surface area contributed by atoms with Crippen LogP contribution in [0.1, 0.15) is 24.1 Å². The van der Waals surface area contributed by atoms with Crippen molar-refractivity contribution in [3.05, 3.63) is 35.8 Å². The number of pyridine rings is 1. The highest BCUT2D eigenvalue weighted by atomic mass is 16.5. The molecule has 7 nitrogen and oxygen atoms in total. The number of hydrogen-bond acceptors (Lipinski definition) is 6. The van der Waals surface area contributed by atoms with Crippen molar-refractivity contribution >= 4 is 11.7 Å². The molecule has 2 aromatic heterocycles. The van der Waals surface area contributed by atoms with Crippen molar-refractivity contribution in [2.45, 2.75) is 37.8 Å². The predicted molar refractivity (Wildman–Crippen MR) is 93.0 cm³/mol. The SMILES string of the molecule is CO[C@H]1C[C@@H](C(N)=O)N(c2nc(-c3cccnc3)nc3c2CCC3)C1. The summed E-state index contributed by atoms with van der Waals surface area (Å²) in [5.74, 6) is 1.13. The molecule has 1 fully saturated rings. The zero-order chi connectivity index (χ0) is 17.4. The van der Waals surface area contributed by atoms with Crippen LogP contribution in [0.3, 0.4) is 0 Å². The molecule has 0 aromatic carbocycles. The summed E-state index contributed by atoms with van der Waals surface area (Å²) in [6.45, 7) is 0.611. The van der Waals surface area contributed by atoms with Gasteiger partial charge in [-0.15, -0.1) is 0 Å². The zero-order valence-corrected chi connectivity index (χ0v) is 14.2. The number of anilines is 1. The van der Waals surface area contributed by atoms with Crippen LogP contribution in [0.5, 0.6) is 0 Å². The summed E-state index contributed by atoms with van der Waals surface area (Å²) in [6, 6.07) is 3.42. The van der Waals surface area contributed by atoms with E-state index in [9.17, 15) is 4.79 Å². The lowest BCUT2D eigenvalue weighted by molar-refractivity contribution is -0.119. The molecule has 1 aliphatic carbocycles. The van der Waals surface area contributed by atoms with Gasteiger partial charge >= 0.3 is 0 Å². The number of amides is 1. The lowest BCUT2D eigenvalue weighted by Gasteiger charge is -2.25. The number of carbonyl (C=O) groups is 1. The topological polar surface area (TPSA) is 94.2 Å². The first-order valence-corrected chi connectivity index (χ1v) is 8.56. The highest BCUT2D eigenvalue weighted by Crippen LogP contribution is 2.35. The van der Waals surface area contributed by atoms with Crippen LogP contribution >= 0.6 is 0 Å². The Bertz CT molecular complexity index is 796. The van der Waals surface area contributed by atoms with Crippen LogP contribution in [0, 0.1) is 0 Å². The second-order valence-electron chi connectivity index (χ2n) is 6.56. The van der Waals surface area contributed by atoms with Crippen LogP contribution < -0.4 is 10.6 Å². The van der Waals surface area contributed by atoms with Crippen LogP contribution in [0.25, 0.3) is 11.4 Å². The lowest BCUT2D eigenvalue weighted by atomic mass is 10.1. The van der Waals surface area contributed by atoms with Crippen molar-refractivity contribution in [1.82, 2.24) is 15.0 Å². The number of nitrogens with two attached hydrogens (primary N) is 1. The second kappa shape index (κ2) is 6.40. The molecule has 0 radical (unpaired) electrons. The summed E-state index contributed by atoms with van der Waals surface area (Å²) in [4.78, 5) is 27.7. The quantitative estimate of drug-likeness (QED) is 0.896. The number of ether oxygens (including phenoxy) is 1. The molecule has 1 saturated heterocycles. The molecule has 1 aliphatic heterocycles. The molecule has 7 heteroatoms. The van der Waals surface area contributed by atoms with Gasteiger partial charge in [0.15, 0.2) is 5.82 Å². The number of rotatable bonds is 4. The minimum Gasteiger partial charge on any atom is -0.380 e. The van der Waals surface area contributed by atoms with Crippen LogP contribution in [0.4, 0.5) is 5.82 Å². The number of aryl methyl sites for hydroxylation is 1. The van der Waals surface area contributed by atoms with E-state index in [0.29, 0.717) is 18.8 Å². The van der Waals surface area contributed by atoms with Gasteiger partial charge in [-0.1, -0.05) is 0 Å². The predicted octanol–water partition coefficient (Wildman–Crippen LogP) is 1.11. The monoisotopic (exact) mass is 339 g/mol. The molecule has 25 heavy (non-hydrogen) atoms. The van der Waals surface area contributed by atoms with Crippen molar-refractivity contribution < 1.29 is 9.53 Å². The molecule has 130 valence electrons. The van der Waals surface area contributed by atoms with Gasteiger partial charge < -0.3 is 15.4 Å².